The summed E-state index contributed by atoms with van der Waals surface area (Å²) in [4.78, 5) is 12.6. The van der Waals surface area contributed by atoms with Crippen LogP contribution in [0.25, 0.3) is 0 Å². The molecule has 0 saturated heterocycles. The zero-order chi connectivity index (χ0) is 16.0. The van der Waals surface area contributed by atoms with E-state index in [1.807, 2.05) is 0 Å². The summed E-state index contributed by atoms with van der Waals surface area (Å²) in [5.41, 5.74) is 0.180. The van der Waals surface area contributed by atoms with Crippen molar-refractivity contribution < 1.29 is 9.53 Å². The first-order valence-corrected chi connectivity index (χ1v) is 8.34. The van der Waals surface area contributed by atoms with Crippen LogP contribution in [0.15, 0.2) is 0 Å². The van der Waals surface area contributed by atoms with E-state index < -0.39 is 0 Å². The van der Waals surface area contributed by atoms with Crippen LogP contribution in [0.4, 0.5) is 0 Å². The van der Waals surface area contributed by atoms with Gasteiger partial charge in [-0.2, -0.15) is 0 Å². The van der Waals surface area contributed by atoms with E-state index in [0.29, 0.717) is 0 Å². The molecule has 0 bridgehead atoms. The van der Waals surface area contributed by atoms with Crippen molar-refractivity contribution in [3.8, 4) is 0 Å². The normalized spacial score (nSPS) is 14.4. The fraction of sp³-hybridized carbons (Fsp3) is 0.944. The molecule has 0 amide bonds. The molecule has 0 rings (SSSR count). The van der Waals surface area contributed by atoms with Gasteiger partial charge in [0, 0.05) is 0 Å². The summed E-state index contributed by atoms with van der Waals surface area (Å²) in [5.74, 6) is -0.00451. The van der Waals surface area contributed by atoms with Gasteiger partial charge in [-0.15, -0.1) is 0 Å². The van der Waals surface area contributed by atoms with Crippen molar-refractivity contribution in [1.29, 1.82) is 0 Å². The second-order valence-electron chi connectivity index (χ2n) is 7.49. The Hall–Kier alpha value is -0.530. The molecule has 0 aromatic heterocycles. The van der Waals surface area contributed by atoms with Crippen LogP contribution in [0, 0.1) is 16.7 Å². The molecule has 0 fully saturated rings. The molecule has 0 aliphatic carbocycles. The Morgan fingerprint density at radius 1 is 0.950 bits per heavy atom. The molecule has 1 unspecified atom stereocenters. The van der Waals surface area contributed by atoms with Gasteiger partial charge in [0.15, 0.2) is 0 Å². The first-order chi connectivity index (χ1) is 9.13. The Kier molecular flexibility index (Phi) is 7.83. The van der Waals surface area contributed by atoms with Gasteiger partial charge >= 0.3 is 5.97 Å². The molecule has 0 aromatic rings. The highest BCUT2D eigenvalue weighted by Crippen LogP contribution is 2.41. The van der Waals surface area contributed by atoms with Crippen LogP contribution in [0.3, 0.4) is 0 Å². The second kappa shape index (κ2) is 8.05. The van der Waals surface area contributed by atoms with E-state index in [0.717, 1.165) is 32.1 Å². The van der Waals surface area contributed by atoms with Crippen molar-refractivity contribution in [3.63, 3.8) is 0 Å². The van der Waals surface area contributed by atoms with Crippen LogP contribution in [-0.2, 0) is 9.53 Å². The molecule has 0 N–H and O–H groups in total. The summed E-state index contributed by atoms with van der Waals surface area (Å²) in [6, 6.07) is 0. The molecule has 0 aromatic carbocycles. The average Bonchev–Trinajstić information content (AvgIpc) is 2.41. The number of esters is 1. The molecule has 0 saturated carbocycles. The fourth-order valence-electron chi connectivity index (χ4n) is 2.32. The van der Waals surface area contributed by atoms with Crippen LogP contribution < -0.4 is 0 Å². The number of hydrogen-bond donors (Lipinski definition) is 0. The van der Waals surface area contributed by atoms with Crippen molar-refractivity contribution in [2.45, 2.75) is 93.6 Å². The van der Waals surface area contributed by atoms with E-state index in [9.17, 15) is 4.79 Å². The molecular weight excluding hydrogens is 248 g/mol. The monoisotopic (exact) mass is 284 g/mol. The summed E-state index contributed by atoms with van der Waals surface area (Å²) in [5, 5.41) is 0. The fourth-order valence-corrected chi connectivity index (χ4v) is 2.32. The quantitative estimate of drug-likeness (QED) is 0.515. The molecule has 2 nitrogen and oxygen atoms in total. The van der Waals surface area contributed by atoms with Crippen LogP contribution >= 0.6 is 0 Å². The number of hydrogen-bond acceptors (Lipinski definition) is 2. The van der Waals surface area contributed by atoms with Gasteiger partial charge in [0.1, 0.15) is 6.10 Å². The number of rotatable bonds is 9. The number of carbonyl (C=O) groups is 1. The van der Waals surface area contributed by atoms with Crippen LogP contribution in [0.2, 0.25) is 0 Å². The van der Waals surface area contributed by atoms with Crippen LogP contribution in [0.1, 0.15) is 87.5 Å². The molecule has 120 valence electrons. The highest BCUT2D eigenvalue weighted by Gasteiger charge is 2.39. The van der Waals surface area contributed by atoms with Gasteiger partial charge in [-0.05, 0) is 30.1 Å². The maximum Gasteiger partial charge on any atom is 0.309 e. The zero-order valence-electron chi connectivity index (χ0n) is 15.0. The number of ether oxygens (including phenoxy) is 1. The van der Waals surface area contributed by atoms with Crippen LogP contribution in [0.5, 0.6) is 0 Å². The summed E-state index contributed by atoms with van der Waals surface area (Å²) < 4.78 is 5.75. The first kappa shape index (κ1) is 19.5. The minimum Gasteiger partial charge on any atom is -0.462 e. The standard InChI is InChI=1S/C18H36O2/c1-9-14(10-2)20-16(19)15(18(7,8)12-4)13-17(5,6)11-3/h14-15H,9-13H2,1-8H3. The maximum absolute atomic E-state index is 12.6. The van der Waals surface area contributed by atoms with Gasteiger partial charge in [-0.3, -0.25) is 4.79 Å². The minimum atomic E-state index is -0.0111. The molecule has 2 heteroatoms. The minimum absolute atomic E-state index is 0.00441. The topological polar surface area (TPSA) is 26.3 Å². The molecule has 0 aliphatic rings. The summed E-state index contributed by atoms with van der Waals surface area (Å²) in [6.45, 7) is 17.4. The maximum atomic E-state index is 12.6. The molecule has 0 heterocycles. The Bertz CT molecular complexity index is 288. The second-order valence-corrected chi connectivity index (χ2v) is 7.49. The lowest BCUT2D eigenvalue weighted by molar-refractivity contribution is -0.160. The number of carbonyl (C=O) groups excluding carboxylic acids is 1. The van der Waals surface area contributed by atoms with Crippen molar-refractivity contribution in [3.05, 3.63) is 0 Å². The molecule has 1 atom stereocenters. The van der Waals surface area contributed by atoms with Gasteiger partial charge in [-0.1, -0.05) is 68.2 Å². The lowest BCUT2D eigenvalue weighted by Crippen LogP contribution is -2.37. The molecule has 0 spiro atoms. The van der Waals surface area contributed by atoms with Crippen molar-refractivity contribution in [2.75, 3.05) is 0 Å². The van der Waals surface area contributed by atoms with Gasteiger partial charge < -0.3 is 4.74 Å². The van der Waals surface area contributed by atoms with Gasteiger partial charge in [0.25, 0.3) is 0 Å². The van der Waals surface area contributed by atoms with E-state index >= 15 is 0 Å². The average molecular weight is 284 g/mol. The predicted molar refractivity (Wildman–Crippen MR) is 86.7 cm³/mol. The van der Waals surface area contributed by atoms with E-state index in [4.69, 9.17) is 4.74 Å². The Balaban J connectivity index is 5.08. The van der Waals surface area contributed by atoms with E-state index in [2.05, 4.69) is 55.4 Å². The SMILES string of the molecule is CCC(CC)OC(=O)C(CC(C)(C)CC)C(C)(C)CC. The lowest BCUT2D eigenvalue weighted by atomic mass is 9.68. The largest absolute Gasteiger partial charge is 0.462 e. The Labute approximate surface area is 126 Å². The van der Waals surface area contributed by atoms with Crippen molar-refractivity contribution in [1.82, 2.24) is 0 Å². The van der Waals surface area contributed by atoms with Crippen molar-refractivity contribution >= 4 is 5.97 Å². The third kappa shape index (κ3) is 5.85. The predicted octanol–water partition coefficient (Wildman–Crippen LogP) is 5.60. The highest BCUT2D eigenvalue weighted by atomic mass is 16.5. The van der Waals surface area contributed by atoms with Crippen molar-refractivity contribution in [2.24, 2.45) is 16.7 Å². The molecule has 20 heavy (non-hydrogen) atoms. The van der Waals surface area contributed by atoms with E-state index in [1.54, 1.807) is 0 Å². The summed E-state index contributed by atoms with van der Waals surface area (Å²) in [7, 11) is 0. The molecule has 0 radical (unpaired) electrons. The third-order valence-electron chi connectivity index (χ3n) is 5.05. The van der Waals surface area contributed by atoms with Gasteiger partial charge in [0.05, 0.1) is 5.92 Å². The zero-order valence-corrected chi connectivity index (χ0v) is 15.0. The van der Waals surface area contributed by atoms with Gasteiger partial charge in [0.2, 0.25) is 0 Å². The third-order valence-corrected chi connectivity index (χ3v) is 5.05. The van der Waals surface area contributed by atoms with E-state index in [-0.39, 0.29) is 28.8 Å². The summed E-state index contributed by atoms with van der Waals surface area (Å²) >= 11 is 0. The summed E-state index contributed by atoms with van der Waals surface area (Å²) in [6.07, 6.45) is 4.86. The molecule has 0 aliphatic heterocycles. The first-order valence-electron chi connectivity index (χ1n) is 8.34. The smallest absolute Gasteiger partial charge is 0.309 e. The molecular formula is C18H36O2. The Morgan fingerprint density at radius 3 is 1.80 bits per heavy atom. The van der Waals surface area contributed by atoms with Gasteiger partial charge in [-0.25, -0.2) is 0 Å². The highest BCUT2D eigenvalue weighted by molar-refractivity contribution is 5.73. The van der Waals surface area contributed by atoms with Crippen LogP contribution in [-0.4, -0.2) is 12.1 Å². The lowest BCUT2D eigenvalue weighted by Gasteiger charge is -2.37. The Morgan fingerprint density at radius 2 is 1.45 bits per heavy atom. The van der Waals surface area contributed by atoms with E-state index in [1.165, 1.54) is 0 Å².